The number of alkyl halides is 3. The summed E-state index contributed by atoms with van der Waals surface area (Å²) in [6.45, 7) is 1.14. The molecule has 5 nitrogen and oxygen atoms in total. The highest BCUT2D eigenvalue weighted by Gasteiger charge is 2.29. The molecule has 0 saturated carbocycles. The summed E-state index contributed by atoms with van der Waals surface area (Å²) in [5.41, 5.74) is 0.671. The first-order chi connectivity index (χ1) is 10.7. The molecule has 0 bridgehead atoms. The monoisotopic (exact) mass is 330 g/mol. The Morgan fingerprint density at radius 2 is 1.87 bits per heavy atom. The average molecular weight is 330 g/mol. The number of ether oxygens (including phenoxy) is 1. The van der Waals surface area contributed by atoms with Crippen LogP contribution in [0.5, 0.6) is 5.75 Å². The fourth-order valence-corrected chi connectivity index (χ4v) is 2.16. The molecule has 0 radical (unpaired) electrons. The summed E-state index contributed by atoms with van der Waals surface area (Å²) in [6.07, 6.45) is -4.26. The number of likely N-dealkylation sites (tertiary alicyclic amines) is 1. The van der Waals surface area contributed by atoms with Crippen molar-refractivity contribution in [1.29, 1.82) is 0 Å². The van der Waals surface area contributed by atoms with Gasteiger partial charge in [-0.2, -0.15) is 13.2 Å². The van der Waals surface area contributed by atoms with Crippen LogP contribution in [0.1, 0.15) is 12.5 Å². The zero-order chi connectivity index (χ0) is 17.0. The highest BCUT2D eigenvalue weighted by atomic mass is 19.4. The van der Waals surface area contributed by atoms with Gasteiger partial charge in [-0.1, -0.05) is 12.1 Å². The summed E-state index contributed by atoms with van der Waals surface area (Å²) in [4.78, 5) is 24.5. The predicted octanol–water partition coefficient (Wildman–Crippen LogP) is 1.52. The summed E-state index contributed by atoms with van der Waals surface area (Å²) in [6, 6.07) is 5.85. The molecule has 1 N–H and O–H groups in total. The van der Waals surface area contributed by atoms with E-state index in [0.29, 0.717) is 18.7 Å². The minimum atomic E-state index is -4.38. The van der Waals surface area contributed by atoms with Crippen LogP contribution < -0.4 is 10.1 Å². The number of benzene rings is 1. The molecule has 1 fully saturated rings. The Labute approximate surface area is 131 Å². The summed E-state index contributed by atoms with van der Waals surface area (Å²) in [5.74, 6) is -0.116. The third-order valence-electron chi connectivity index (χ3n) is 3.38. The van der Waals surface area contributed by atoms with Gasteiger partial charge < -0.3 is 15.0 Å². The first-order valence-corrected chi connectivity index (χ1v) is 7.06. The van der Waals surface area contributed by atoms with Crippen molar-refractivity contribution in [3.63, 3.8) is 0 Å². The lowest BCUT2D eigenvalue weighted by Crippen LogP contribution is -2.60. The number of hydrogen-bond acceptors (Lipinski definition) is 3. The molecule has 0 aliphatic carbocycles. The fraction of sp³-hybridized carbons (Fsp3) is 0.467. The van der Waals surface area contributed by atoms with E-state index in [2.05, 4.69) is 10.1 Å². The molecule has 2 amide bonds. The number of amides is 2. The van der Waals surface area contributed by atoms with Crippen LogP contribution in [0.15, 0.2) is 24.3 Å². The van der Waals surface area contributed by atoms with Crippen molar-refractivity contribution in [3.05, 3.63) is 29.8 Å². The van der Waals surface area contributed by atoms with Gasteiger partial charge in [0.05, 0.1) is 12.5 Å². The van der Waals surface area contributed by atoms with Crippen molar-refractivity contribution in [3.8, 4) is 5.75 Å². The fourth-order valence-electron chi connectivity index (χ4n) is 2.16. The molecule has 2 rings (SSSR count). The average Bonchev–Trinajstić information content (AvgIpc) is 2.40. The number of nitrogens with one attached hydrogen (secondary N) is 1. The van der Waals surface area contributed by atoms with E-state index in [1.807, 2.05) is 0 Å². The third-order valence-corrected chi connectivity index (χ3v) is 3.38. The second kappa shape index (κ2) is 6.89. The molecule has 8 heteroatoms. The summed E-state index contributed by atoms with van der Waals surface area (Å²) < 4.78 is 40.7. The van der Waals surface area contributed by atoms with Crippen LogP contribution in [0, 0.1) is 0 Å². The number of nitrogens with zero attached hydrogens (tertiary/aromatic N) is 1. The lowest BCUT2D eigenvalue weighted by atomic mass is 10.1. The lowest BCUT2D eigenvalue weighted by Gasteiger charge is -2.38. The maximum Gasteiger partial charge on any atom is 0.422 e. The Morgan fingerprint density at radius 3 is 2.39 bits per heavy atom. The molecule has 23 heavy (non-hydrogen) atoms. The van der Waals surface area contributed by atoms with Crippen molar-refractivity contribution in [2.45, 2.75) is 25.6 Å². The topological polar surface area (TPSA) is 58.6 Å². The molecule has 126 valence electrons. The van der Waals surface area contributed by atoms with E-state index in [4.69, 9.17) is 0 Å². The molecule has 1 aliphatic heterocycles. The number of hydrogen-bond donors (Lipinski definition) is 1. The van der Waals surface area contributed by atoms with Crippen LogP contribution in [0.4, 0.5) is 13.2 Å². The standard InChI is InChI=1S/C15H17F3N2O3/c1-10(21)20-7-12(8-20)19-14(22)6-11-2-4-13(5-3-11)23-9-15(16,17)18/h2-5,12H,6-9H2,1H3,(H,19,22). The lowest BCUT2D eigenvalue weighted by molar-refractivity contribution is -0.153. The Kier molecular flexibility index (Phi) is 5.12. The molecule has 1 aliphatic rings. The molecule has 1 aromatic rings. The minimum Gasteiger partial charge on any atom is -0.484 e. The Morgan fingerprint density at radius 1 is 1.26 bits per heavy atom. The van der Waals surface area contributed by atoms with E-state index in [9.17, 15) is 22.8 Å². The maximum absolute atomic E-state index is 12.0. The van der Waals surface area contributed by atoms with Crippen molar-refractivity contribution in [2.24, 2.45) is 0 Å². The van der Waals surface area contributed by atoms with Crippen molar-refractivity contribution < 1.29 is 27.5 Å². The van der Waals surface area contributed by atoms with Crippen molar-refractivity contribution >= 4 is 11.8 Å². The van der Waals surface area contributed by atoms with Crippen molar-refractivity contribution in [1.82, 2.24) is 10.2 Å². The quantitative estimate of drug-likeness (QED) is 0.890. The Hall–Kier alpha value is -2.25. The first kappa shape index (κ1) is 17.1. The van der Waals surface area contributed by atoms with E-state index in [1.54, 1.807) is 17.0 Å². The van der Waals surface area contributed by atoms with Crippen LogP contribution in [0.2, 0.25) is 0 Å². The van der Waals surface area contributed by atoms with Crippen LogP contribution in [-0.4, -0.2) is 48.6 Å². The van der Waals surface area contributed by atoms with Crippen LogP contribution in [0.3, 0.4) is 0 Å². The Bertz CT molecular complexity index is 566. The van der Waals surface area contributed by atoms with E-state index < -0.39 is 12.8 Å². The molecule has 0 unspecified atom stereocenters. The predicted molar refractivity (Wildman–Crippen MR) is 75.9 cm³/mol. The molecule has 1 heterocycles. The van der Waals surface area contributed by atoms with Crippen molar-refractivity contribution in [2.75, 3.05) is 19.7 Å². The molecule has 0 spiro atoms. The highest BCUT2D eigenvalue weighted by Crippen LogP contribution is 2.19. The summed E-state index contributed by atoms with van der Waals surface area (Å²) in [5, 5.41) is 2.80. The number of rotatable bonds is 5. The van der Waals surface area contributed by atoms with Crippen LogP contribution >= 0.6 is 0 Å². The first-order valence-electron chi connectivity index (χ1n) is 7.06. The molecule has 1 aromatic carbocycles. The normalized spacial score (nSPS) is 15.0. The molecular formula is C15H17F3N2O3. The van der Waals surface area contributed by atoms with E-state index >= 15 is 0 Å². The van der Waals surface area contributed by atoms with Gasteiger partial charge in [0.2, 0.25) is 11.8 Å². The highest BCUT2D eigenvalue weighted by molar-refractivity contribution is 5.80. The van der Waals surface area contributed by atoms with E-state index in [-0.39, 0.29) is 30.0 Å². The summed E-state index contributed by atoms with van der Waals surface area (Å²) >= 11 is 0. The zero-order valence-electron chi connectivity index (χ0n) is 12.5. The van der Waals surface area contributed by atoms with E-state index in [0.717, 1.165) is 0 Å². The van der Waals surface area contributed by atoms with Gasteiger partial charge in [0, 0.05) is 20.0 Å². The largest absolute Gasteiger partial charge is 0.484 e. The molecule has 0 atom stereocenters. The third kappa shape index (κ3) is 5.46. The van der Waals surface area contributed by atoms with Gasteiger partial charge in [-0.15, -0.1) is 0 Å². The molecule has 1 saturated heterocycles. The summed E-state index contributed by atoms with van der Waals surface area (Å²) in [7, 11) is 0. The number of carbonyl (C=O) groups excluding carboxylic acids is 2. The van der Waals surface area contributed by atoms with Gasteiger partial charge in [-0.3, -0.25) is 9.59 Å². The van der Waals surface area contributed by atoms with Gasteiger partial charge in [-0.05, 0) is 17.7 Å². The smallest absolute Gasteiger partial charge is 0.422 e. The second-order valence-corrected chi connectivity index (χ2v) is 5.41. The van der Waals surface area contributed by atoms with Crippen LogP contribution in [0.25, 0.3) is 0 Å². The minimum absolute atomic E-state index is 0.0232. The maximum atomic E-state index is 12.0. The Balaban J connectivity index is 1.75. The van der Waals surface area contributed by atoms with Gasteiger partial charge in [0.25, 0.3) is 0 Å². The van der Waals surface area contributed by atoms with E-state index in [1.165, 1.54) is 19.1 Å². The second-order valence-electron chi connectivity index (χ2n) is 5.41. The number of carbonyl (C=O) groups is 2. The van der Waals surface area contributed by atoms with Gasteiger partial charge in [0.1, 0.15) is 5.75 Å². The van der Waals surface area contributed by atoms with Gasteiger partial charge >= 0.3 is 6.18 Å². The molecular weight excluding hydrogens is 313 g/mol. The van der Waals surface area contributed by atoms with Crippen LogP contribution in [-0.2, 0) is 16.0 Å². The molecule has 0 aromatic heterocycles. The SMILES string of the molecule is CC(=O)N1CC(NC(=O)Cc2ccc(OCC(F)(F)F)cc2)C1. The number of halogens is 3. The van der Waals surface area contributed by atoms with Gasteiger partial charge in [-0.25, -0.2) is 0 Å². The van der Waals surface area contributed by atoms with Gasteiger partial charge in [0.15, 0.2) is 6.61 Å². The zero-order valence-corrected chi connectivity index (χ0v) is 12.5.